The summed E-state index contributed by atoms with van der Waals surface area (Å²) in [6, 6.07) is -0.853. The van der Waals surface area contributed by atoms with Crippen LogP contribution in [0.4, 0.5) is 0 Å². The van der Waals surface area contributed by atoms with Crippen LogP contribution in [0.1, 0.15) is 239 Å². The minimum absolute atomic E-state index is 0.0615. The number of carbonyl (C=O) groups is 3. The van der Waals surface area contributed by atoms with Crippen LogP contribution in [0.3, 0.4) is 0 Å². The van der Waals surface area contributed by atoms with Gasteiger partial charge in [-0.3, -0.25) is 9.59 Å². The topological polar surface area (TPSA) is 119 Å². The van der Waals surface area contributed by atoms with Crippen molar-refractivity contribution in [3.63, 3.8) is 0 Å². The molecule has 2 atom stereocenters. The normalized spacial score (nSPS) is 12.9. The average molecular weight is 787 g/mol. The van der Waals surface area contributed by atoms with Gasteiger partial charge in [-0.25, -0.2) is 4.79 Å². The number of aliphatic carboxylic acids is 1. The first kappa shape index (κ1) is 53.6. The lowest BCUT2D eigenvalue weighted by Gasteiger charge is -2.15. The second-order valence-electron chi connectivity index (χ2n) is 16.2. The number of esters is 1. The number of nitrogens with one attached hydrogen (secondary N) is 1. The zero-order chi connectivity index (χ0) is 41.0. The molecule has 0 bridgehead atoms. The fourth-order valence-corrected chi connectivity index (χ4v) is 7.04. The number of carboxylic acid groups (broad SMARTS) is 1. The van der Waals surface area contributed by atoms with Crippen LogP contribution >= 0.6 is 0 Å². The van der Waals surface area contributed by atoms with E-state index in [1.807, 2.05) is 0 Å². The van der Waals surface area contributed by atoms with E-state index in [0.717, 1.165) is 70.6 Å². The fraction of sp³-hybridized carbons (Fsp3) is 0.816. The summed E-state index contributed by atoms with van der Waals surface area (Å²) in [6.07, 6.45) is 52.2. The molecule has 0 rings (SSSR count). The molecule has 0 aliphatic heterocycles. The van der Waals surface area contributed by atoms with Crippen molar-refractivity contribution in [1.82, 2.24) is 5.32 Å². The maximum absolute atomic E-state index is 12.8. The van der Waals surface area contributed by atoms with Gasteiger partial charge in [-0.1, -0.05) is 173 Å². The Hall–Kier alpha value is -2.41. The van der Waals surface area contributed by atoms with Crippen molar-refractivity contribution in [1.29, 1.82) is 0 Å². The minimum atomic E-state index is -1.00. The summed E-state index contributed by atoms with van der Waals surface area (Å²) in [7, 11) is 0. The maximum atomic E-state index is 12.8. The van der Waals surface area contributed by atoms with Crippen LogP contribution in [0, 0.1) is 0 Å². The molecule has 0 aromatic heterocycles. The highest BCUT2D eigenvalue weighted by Crippen LogP contribution is 2.16. The zero-order valence-corrected chi connectivity index (χ0v) is 36.7. The molecule has 0 heterocycles. The molecule has 0 aromatic rings. The van der Waals surface area contributed by atoms with Crippen LogP contribution < -0.4 is 11.1 Å². The van der Waals surface area contributed by atoms with Crippen molar-refractivity contribution in [2.45, 2.75) is 251 Å². The fourth-order valence-electron chi connectivity index (χ4n) is 7.04. The van der Waals surface area contributed by atoms with Gasteiger partial charge >= 0.3 is 11.9 Å². The van der Waals surface area contributed by atoms with Crippen molar-refractivity contribution in [3.05, 3.63) is 36.5 Å². The largest absolute Gasteiger partial charge is 0.480 e. The molecule has 0 saturated heterocycles. The van der Waals surface area contributed by atoms with Crippen molar-refractivity contribution >= 4 is 17.8 Å². The molecule has 0 radical (unpaired) electrons. The van der Waals surface area contributed by atoms with Crippen LogP contribution in [-0.4, -0.2) is 41.6 Å². The first-order chi connectivity index (χ1) is 27.4. The molecule has 2 unspecified atom stereocenters. The second-order valence-corrected chi connectivity index (χ2v) is 16.2. The molecule has 0 aliphatic rings. The van der Waals surface area contributed by atoms with Gasteiger partial charge in [-0.05, 0) is 96.1 Å². The lowest BCUT2D eigenvalue weighted by molar-refractivity contribution is -0.147. The van der Waals surface area contributed by atoms with Crippen molar-refractivity contribution in [2.75, 3.05) is 6.54 Å². The summed E-state index contributed by atoms with van der Waals surface area (Å²) >= 11 is 0. The lowest BCUT2D eigenvalue weighted by Crippen LogP contribution is -2.40. The number of hydrogen-bond donors (Lipinski definition) is 3. The van der Waals surface area contributed by atoms with Crippen LogP contribution in [0.15, 0.2) is 36.5 Å². The molecule has 0 fully saturated rings. The third-order valence-electron chi connectivity index (χ3n) is 10.7. The van der Waals surface area contributed by atoms with Crippen LogP contribution in [0.25, 0.3) is 0 Å². The summed E-state index contributed by atoms with van der Waals surface area (Å²) in [4.78, 5) is 36.3. The number of carboxylic acids is 1. The molecule has 1 amide bonds. The monoisotopic (exact) mass is 787 g/mol. The number of carbonyl (C=O) groups excluding carboxylic acids is 2. The van der Waals surface area contributed by atoms with Gasteiger partial charge in [0, 0.05) is 12.8 Å². The number of ether oxygens (including phenoxy) is 1. The van der Waals surface area contributed by atoms with Gasteiger partial charge in [-0.15, -0.1) is 0 Å². The lowest BCUT2D eigenvalue weighted by atomic mass is 10.0. The minimum Gasteiger partial charge on any atom is -0.480 e. The number of rotatable bonds is 43. The third kappa shape index (κ3) is 39.8. The predicted molar refractivity (Wildman–Crippen MR) is 239 cm³/mol. The number of allylic oxidation sites excluding steroid dienone is 5. The van der Waals surface area contributed by atoms with Crippen molar-refractivity contribution in [3.8, 4) is 0 Å². The molecular weight excluding hydrogens is 697 g/mol. The van der Waals surface area contributed by atoms with Gasteiger partial charge in [0.2, 0.25) is 5.91 Å². The van der Waals surface area contributed by atoms with Crippen molar-refractivity contribution < 1.29 is 24.2 Å². The smallest absolute Gasteiger partial charge is 0.326 e. The van der Waals surface area contributed by atoms with Crippen LogP contribution in [0.5, 0.6) is 0 Å². The van der Waals surface area contributed by atoms with Gasteiger partial charge in [0.1, 0.15) is 12.1 Å². The van der Waals surface area contributed by atoms with E-state index in [2.05, 4.69) is 55.6 Å². The van der Waals surface area contributed by atoms with Gasteiger partial charge in [0.15, 0.2) is 0 Å². The molecule has 326 valence electrons. The number of hydrogen-bond acceptors (Lipinski definition) is 5. The highest BCUT2D eigenvalue weighted by atomic mass is 16.5. The summed E-state index contributed by atoms with van der Waals surface area (Å²) in [5.41, 5.74) is 5.48. The average Bonchev–Trinajstić information content (AvgIpc) is 3.18. The Morgan fingerprint density at radius 1 is 0.536 bits per heavy atom. The van der Waals surface area contributed by atoms with Gasteiger partial charge in [0.05, 0.1) is 0 Å². The highest BCUT2D eigenvalue weighted by Gasteiger charge is 2.18. The standard InChI is InChI=1S/C49H90N2O5/c1-3-5-7-9-11-13-14-15-16-17-18-19-20-21-22-23-24-25-27-33-37-43-48(53)56-45(39-34-30-26-12-10-8-6-4-2)40-35-31-28-29-32-36-42-47(52)51-46(49(54)55)41-38-44-50/h14-15,17-18,34,39,45-46H,3-13,16,19-33,35-38,40-44,50H2,1-2H3,(H,51,52)(H,54,55)/b15-14-,18-17-,39-34-. The Morgan fingerprint density at radius 3 is 1.48 bits per heavy atom. The molecule has 0 aromatic carbocycles. The number of nitrogens with two attached hydrogens (primary N) is 1. The molecule has 7 heteroatoms. The quantitative estimate of drug-likeness (QED) is 0.0322. The molecule has 56 heavy (non-hydrogen) atoms. The SMILES string of the molecule is CCCCCCC/C=C\C/C=C\CCCCCCCCCCCC(=O)OC(/C=C\CCCCCCCC)CCCCCCCCC(=O)NC(CCCN)C(=O)O. The van der Waals surface area contributed by atoms with E-state index in [4.69, 9.17) is 10.5 Å². The zero-order valence-electron chi connectivity index (χ0n) is 36.7. The summed E-state index contributed by atoms with van der Waals surface area (Å²) < 4.78 is 5.97. The first-order valence-corrected chi connectivity index (χ1v) is 23.8. The summed E-state index contributed by atoms with van der Waals surface area (Å²) in [6.45, 7) is 4.93. The summed E-state index contributed by atoms with van der Waals surface area (Å²) in [5, 5.41) is 11.9. The van der Waals surface area contributed by atoms with E-state index >= 15 is 0 Å². The van der Waals surface area contributed by atoms with Crippen molar-refractivity contribution in [2.24, 2.45) is 5.73 Å². The predicted octanol–water partition coefficient (Wildman–Crippen LogP) is 13.8. The third-order valence-corrected chi connectivity index (χ3v) is 10.7. The maximum Gasteiger partial charge on any atom is 0.326 e. The second kappa shape index (κ2) is 43.7. The first-order valence-electron chi connectivity index (χ1n) is 23.8. The Kier molecular flexibility index (Phi) is 41.8. The Balaban J connectivity index is 4.14. The van der Waals surface area contributed by atoms with Gasteiger partial charge in [-0.2, -0.15) is 0 Å². The Morgan fingerprint density at radius 2 is 0.982 bits per heavy atom. The van der Waals surface area contributed by atoms with Gasteiger partial charge in [0.25, 0.3) is 0 Å². The van der Waals surface area contributed by atoms with E-state index in [9.17, 15) is 19.5 Å². The van der Waals surface area contributed by atoms with Crippen LogP contribution in [-0.2, 0) is 19.1 Å². The highest BCUT2D eigenvalue weighted by molar-refractivity contribution is 5.83. The molecule has 0 aliphatic carbocycles. The molecule has 0 saturated carbocycles. The van der Waals surface area contributed by atoms with E-state index in [1.54, 1.807) is 0 Å². The van der Waals surface area contributed by atoms with E-state index in [0.29, 0.717) is 32.2 Å². The van der Waals surface area contributed by atoms with Crippen LogP contribution in [0.2, 0.25) is 0 Å². The molecule has 4 N–H and O–H groups in total. The van der Waals surface area contributed by atoms with E-state index in [1.165, 1.54) is 128 Å². The Bertz CT molecular complexity index is 978. The number of unbranched alkanes of at least 4 members (excludes halogenated alkanes) is 25. The Labute approximate surface area is 345 Å². The summed E-state index contributed by atoms with van der Waals surface area (Å²) in [5.74, 6) is -1.26. The molecule has 0 spiro atoms. The van der Waals surface area contributed by atoms with E-state index < -0.39 is 12.0 Å². The molecular formula is C49H90N2O5. The number of amides is 1. The van der Waals surface area contributed by atoms with E-state index in [-0.39, 0.29) is 18.0 Å². The van der Waals surface area contributed by atoms with Gasteiger partial charge < -0.3 is 20.9 Å². The molecule has 7 nitrogen and oxygen atoms in total.